The van der Waals surface area contributed by atoms with Crippen molar-refractivity contribution in [3.8, 4) is 0 Å². The maximum Gasteiger partial charge on any atom is 0.0244 e. The molecule has 2 rings (SSSR count). The Labute approximate surface area is 120 Å². The summed E-state index contributed by atoms with van der Waals surface area (Å²) in [5.41, 5.74) is 0. The van der Waals surface area contributed by atoms with Crippen LogP contribution in [0.25, 0.3) is 0 Å². The summed E-state index contributed by atoms with van der Waals surface area (Å²) in [4.78, 5) is 2.80. The van der Waals surface area contributed by atoms with E-state index in [9.17, 15) is 0 Å². The SMILES string of the molecule is CC(C)CC1CN(CC(C)C2CC2)C(C(C)C)CN1. The Morgan fingerprint density at radius 3 is 2.32 bits per heavy atom. The van der Waals surface area contributed by atoms with Crippen molar-refractivity contribution in [2.75, 3.05) is 19.6 Å². The second-order valence-corrected chi connectivity index (χ2v) is 7.81. The van der Waals surface area contributed by atoms with Gasteiger partial charge in [0.1, 0.15) is 0 Å². The van der Waals surface area contributed by atoms with Crippen LogP contribution < -0.4 is 5.32 Å². The van der Waals surface area contributed by atoms with Crippen LogP contribution in [-0.2, 0) is 0 Å². The summed E-state index contributed by atoms with van der Waals surface area (Å²) in [6.45, 7) is 15.7. The predicted molar refractivity (Wildman–Crippen MR) is 83.3 cm³/mol. The molecule has 3 atom stereocenters. The fraction of sp³-hybridized carbons (Fsp3) is 1.00. The molecule has 1 N–H and O–H groups in total. The minimum atomic E-state index is 0.710. The molecule has 1 aliphatic heterocycles. The first-order chi connectivity index (χ1) is 8.97. The van der Waals surface area contributed by atoms with E-state index in [1.165, 1.54) is 38.9 Å². The van der Waals surface area contributed by atoms with Crippen LogP contribution >= 0.6 is 0 Å². The van der Waals surface area contributed by atoms with Crippen molar-refractivity contribution in [2.24, 2.45) is 23.7 Å². The summed E-state index contributed by atoms with van der Waals surface area (Å²) in [6, 6.07) is 1.45. The Balaban J connectivity index is 1.91. The molecule has 0 bridgehead atoms. The van der Waals surface area contributed by atoms with Crippen LogP contribution in [0.2, 0.25) is 0 Å². The van der Waals surface area contributed by atoms with Gasteiger partial charge in [-0.2, -0.15) is 0 Å². The normalized spacial score (nSPS) is 31.1. The first-order valence-corrected chi connectivity index (χ1v) is 8.44. The van der Waals surface area contributed by atoms with Crippen LogP contribution in [0.4, 0.5) is 0 Å². The highest BCUT2D eigenvalue weighted by molar-refractivity contribution is 4.90. The highest BCUT2D eigenvalue weighted by Crippen LogP contribution is 2.37. The standard InChI is InChI=1S/C17H34N2/c1-12(2)8-16-11-19(10-14(5)15-6-7-15)17(9-18-16)13(3)4/h12-18H,6-11H2,1-5H3. The van der Waals surface area contributed by atoms with Crippen molar-refractivity contribution in [1.29, 1.82) is 0 Å². The van der Waals surface area contributed by atoms with E-state index in [-0.39, 0.29) is 0 Å². The molecule has 0 amide bonds. The van der Waals surface area contributed by atoms with Crippen LogP contribution in [0.3, 0.4) is 0 Å². The highest BCUT2D eigenvalue weighted by Gasteiger charge is 2.34. The summed E-state index contributed by atoms with van der Waals surface area (Å²) in [6.07, 6.45) is 4.28. The molecule has 1 aliphatic carbocycles. The van der Waals surface area contributed by atoms with Crippen LogP contribution in [-0.4, -0.2) is 36.6 Å². The van der Waals surface area contributed by atoms with Crippen molar-refractivity contribution in [3.63, 3.8) is 0 Å². The molecular formula is C17H34N2. The number of hydrogen-bond acceptors (Lipinski definition) is 2. The lowest BCUT2D eigenvalue weighted by atomic mass is 9.93. The van der Waals surface area contributed by atoms with Crippen molar-refractivity contribution in [1.82, 2.24) is 10.2 Å². The maximum absolute atomic E-state index is 3.79. The maximum atomic E-state index is 3.79. The fourth-order valence-electron chi connectivity index (χ4n) is 3.68. The Morgan fingerprint density at radius 1 is 1.11 bits per heavy atom. The lowest BCUT2D eigenvalue weighted by Gasteiger charge is -2.44. The third-order valence-corrected chi connectivity index (χ3v) is 5.01. The average molecular weight is 266 g/mol. The molecule has 2 heteroatoms. The first kappa shape index (κ1) is 15.3. The van der Waals surface area contributed by atoms with Gasteiger partial charge >= 0.3 is 0 Å². The summed E-state index contributed by atoms with van der Waals surface area (Å²) in [5.74, 6) is 3.50. The van der Waals surface area contributed by atoms with Gasteiger partial charge in [-0.05, 0) is 42.9 Å². The highest BCUT2D eigenvalue weighted by atomic mass is 15.2. The van der Waals surface area contributed by atoms with Crippen molar-refractivity contribution >= 4 is 0 Å². The molecule has 2 fully saturated rings. The van der Waals surface area contributed by atoms with E-state index >= 15 is 0 Å². The van der Waals surface area contributed by atoms with E-state index in [2.05, 4.69) is 44.8 Å². The molecular weight excluding hydrogens is 232 g/mol. The smallest absolute Gasteiger partial charge is 0.0244 e. The number of hydrogen-bond donors (Lipinski definition) is 1. The van der Waals surface area contributed by atoms with Gasteiger partial charge in [-0.15, -0.1) is 0 Å². The zero-order chi connectivity index (χ0) is 14.0. The molecule has 3 unspecified atom stereocenters. The third-order valence-electron chi connectivity index (χ3n) is 5.01. The van der Waals surface area contributed by atoms with E-state index in [4.69, 9.17) is 0 Å². The first-order valence-electron chi connectivity index (χ1n) is 8.44. The van der Waals surface area contributed by atoms with E-state index < -0.39 is 0 Å². The summed E-state index contributed by atoms with van der Waals surface area (Å²) in [7, 11) is 0. The van der Waals surface area contributed by atoms with E-state index in [0.717, 1.165) is 29.7 Å². The van der Waals surface area contributed by atoms with Gasteiger partial charge in [-0.3, -0.25) is 4.90 Å². The van der Waals surface area contributed by atoms with Crippen LogP contribution in [0.5, 0.6) is 0 Å². The fourth-order valence-corrected chi connectivity index (χ4v) is 3.68. The molecule has 2 aliphatic rings. The number of nitrogens with one attached hydrogen (secondary N) is 1. The molecule has 1 saturated heterocycles. The number of rotatable bonds is 6. The largest absolute Gasteiger partial charge is 0.311 e. The van der Waals surface area contributed by atoms with E-state index in [1.807, 2.05) is 0 Å². The number of piperazine rings is 1. The number of nitrogens with zero attached hydrogens (tertiary/aromatic N) is 1. The van der Waals surface area contributed by atoms with Crippen molar-refractivity contribution in [2.45, 2.75) is 66.0 Å². The lowest BCUT2D eigenvalue weighted by Crippen LogP contribution is -2.59. The van der Waals surface area contributed by atoms with Crippen LogP contribution in [0.1, 0.15) is 53.9 Å². The van der Waals surface area contributed by atoms with E-state index in [1.54, 1.807) is 0 Å². The van der Waals surface area contributed by atoms with Gasteiger partial charge in [0, 0.05) is 31.7 Å². The lowest BCUT2D eigenvalue weighted by molar-refractivity contribution is 0.0753. The van der Waals surface area contributed by atoms with Gasteiger partial charge in [0.05, 0.1) is 0 Å². The molecule has 1 saturated carbocycles. The molecule has 0 aromatic heterocycles. The molecule has 0 radical (unpaired) electrons. The monoisotopic (exact) mass is 266 g/mol. The quantitative estimate of drug-likeness (QED) is 0.793. The molecule has 19 heavy (non-hydrogen) atoms. The van der Waals surface area contributed by atoms with E-state index in [0.29, 0.717) is 6.04 Å². The Bertz CT molecular complexity index is 270. The van der Waals surface area contributed by atoms with Crippen molar-refractivity contribution < 1.29 is 0 Å². The average Bonchev–Trinajstić information content (AvgIpc) is 3.11. The third kappa shape index (κ3) is 4.46. The molecule has 1 heterocycles. The van der Waals surface area contributed by atoms with Gasteiger partial charge in [0.15, 0.2) is 0 Å². The second kappa shape index (κ2) is 6.58. The van der Waals surface area contributed by atoms with Gasteiger partial charge in [-0.25, -0.2) is 0 Å². The topological polar surface area (TPSA) is 15.3 Å². The summed E-state index contributed by atoms with van der Waals surface area (Å²) in [5, 5.41) is 3.79. The Kier molecular flexibility index (Phi) is 5.30. The predicted octanol–water partition coefficient (Wildman–Crippen LogP) is 3.38. The minimum Gasteiger partial charge on any atom is -0.311 e. The summed E-state index contributed by atoms with van der Waals surface area (Å²) < 4.78 is 0. The minimum absolute atomic E-state index is 0.710. The Hall–Kier alpha value is -0.0800. The molecule has 0 aromatic carbocycles. The zero-order valence-electron chi connectivity index (χ0n) is 13.7. The van der Waals surface area contributed by atoms with Crippen molar-refractivity contribution in [3.05, 3.63) is 0 Å². The van der Waals surface area contributed by atoms with Crippen LogP contribution in [0, 0.1) is 23.7 Å². The van der Waals surface area contributed by atoms with Gasteiger partial charge in [-0.1, -0.05) is 34.6 Å². The zero-order valence-corrected chi connectivity index (χ0v) is 13.7. The molecule has 0 spiro atoms. The molecule has 0 aromatic rings. The molecule has 2 nitrogen and oxygen atoms in total. The van der Waals surface area contributed by atoms with Crippen LogP contribution in [0.15, 0.2) is 0 Å². The van der Waals surface area contributed by atoms with Gasteiger partial charge in [0.2, 0.25) is 0 Å². The second-order valence-electron chi connectivity index (χ2n) is 7.81. The van der Waals surface area contributed by atoms with Gasteiger partial charge in [0.25, 0.3) is 0 Å². The van der Waals surface area contributed by atoms with Gasteiger partial charge < -0.3 is 5.32 Å². The summed E-state index contributed by atoms with van der Waals surface area (Å²) >= 11 is 0. The Morgan fingerprint density at radius 2 is 1.79 bits per heavy atom. The molecule has 112 valence electrons.